The number of methoxy groups -OCH3 is 1. The lowest BCUT2D eigenvalue weighted by molar-refractivity contribution is -0.0648. The smallest absolute Gasteiger partial charge is 0.161 e. The number of hydrogen-bond acceptors (Lipinski definition) is 7. The largest absolute Gasteiger partial charge is 0.493 e. The molecule has 1 fully saturated rings. The molecule has 1 N–H and O–H groups in total. The van der Waals surface area contributed by atoms with Crippen molar-refractivity contribution in [1.82, 2.24) is 14.5 Å². The summed E-state index contributed by atoms with van der Waals surface area (Å²) in [6.45, 7) is 10.4. The van der Waals surface area contributed by atoms with Crippen LogP contribution in [0.1, 0.15) is 28.7 Å². The van der Waals surface area contributed by atoms with Crippen LogP contribution in [0, 0.1) is 20.8 Å². The Morgan fingerprint density at radius 2 is 1.95 bits per heavy atom. The predicted octanol–water partition coefficient (Wildman–Crippen LogP) is 3.93. The van der Waals surface area contributed by atoms with E-state index in [1.807, 2.05) is 42.0 Å². The number of ether oxygens (including phenoxy) is 4. The van der Waals surface area contributed by atoms with Crippen molar-refractivity contribution in [2.75, 3.05) is 46.6 Å². The van der Waals surface area contributed by atoms with Gasteiger partial charge in [0, 0.05) is 38.6 Å². The van der Waals surface area contributed by atoms with E-state index in [0.29, 0.717) is 32.1 Å². The fraction of sp³-hybridized carbons (Fsp3) is 0.483. The van der Waals surface area contributed by atoms with Crippen LogP contribution in [0.3, 0.4) is 0 Å². The maximum Gasteiger partial charge on any atom is 0.161 e. The number of aryl methyl sites for hydroxylation is 3. The molecule has 0 amide bonds. The van der Waals surface area contributed by atoms with Gasteiger partial charge in [0.1, 0.15) is 18.0 Å². The van der Waals surface area contributed by atoms with E-state index in [0.717, 1.165) is 47.7 Å². The van der Waals surface area contributed by atoms with Gasteiger partial charge in [-0.15, -0.1) is 0 Å². The van der Waals surface area contributed by atoms with Gasteiger partial charge in [-0.2, -0.15) is 0 Å². The summed E-state index contributed by atoms with van der Waals surface area (Å²) < 4.78 is 25.5. The first-order chi connectivity index (χ1) is 17.8. The standard InChI is InChI=1S/C29H39N3O5/c1-22-14-23(2)24(3)27(15-22)37-20-29(33)18-32(11-13-35-19-29)17-25-6-7-26(34-4)28(16-25)36-12-5-9-31-10-8-30-21-31/h6-8,10,14-16,21,33H,5,9,11-13,17-20H2,1-4H3/t29-/m0/s1. The summed E-state index contributed by atoms with van der Waals surface area (Å²) >= 11 is 0. The van der Waals surface area contributed by atoms with E-state index in [-0.39, 0.29) is 13.2 Å². The van der Waals surface area contributed by atoms with Gasteiger partial charge in [0.25, 0.3) is 0 Å². The average molecular weight is 510 g/mol. The molecule has 2 aromatic carbocycles. The molecule has 0 unspecified atom stereocenters. The van der Waals surface area contributed by atoms with Crippen molar-refractivity contribution in [3.63, 3.8) is 0 Å². The highest BCUT2D eigenvalue weighted by Gasteiger charge is 2.34. The Hall–Kier alpha value is -3.07. The number of rotatable bonds is 11. The number of imidazole rings is 1. The molecule has 0 radical (unpaired) electrons. The summed E-state index contributed by atoms with van der Waals surface area (Å²) in [6.07, 6.45) is 6.39. The average Bonchev–Trinajstić information content (AvgIpc) is 3.32. The van der Waals surface area contributed by atoms with Gasteiger partial charge in [0.15, 0.2) is 11.5 Å². The van der Waals surface area contributed by atoms with Crippen LogP contribution in [0.15, 0.2) is 49.1 Å². The molecule has 37 heavy (non-hydrogen) atoms. The third-order valence-corrected chi connectivity index (χ3v) is 6.71. The third kappa shape index (κ3) is 7.47. The topological polar surface area (TPSA) is 78.2 Å². The zero-order valence-electron chi connectivity index (χ0n) is 22.4. The molecule has 1 atom stereocenters. The van der Waals surface area contributed by atoms with Crippen LogP contribution in [-0.4, -0.2) is 71.8 Å². The van der Waals surface area contributed by atoms with Crippen LogP contribution >= 0.6 is 0 Å². The number of benzene rings is 2. The van der Waals surface area contributed by atoms with Crippen LogP contribution in [0.2, 0.25) is 0 Å². The number of nitrogens with zero attached hydrogens (tertiary/aromatic N) is 3. The summed E-state index contributed by atoms with van der Waals surface area (Å²) in [5, 5.41) is 11.4. The van der Waals surface area contributed by atoms with Gasteiger partial charge < -0.3 is 28.6 Å². The monoisotopic (exact) mass is 509 g/mol. The van der Waals surface area contributed by atoms with Crippen LogP contribution in [0.5, 0.6) is 17.2 Å². The van der Waals surface area contributed by atoms with Gasteiger partial charge in [-0.25, -0.2) is 4.98 Å². The maximum absolute atomic E-state index is 11.4. The van der Waals surface area contributed by atoms with Gasteiger partial charge in [0.2, 0.25) is 0 Å². The van der Waals surface area contributed by atoms with Crippen molar-refractivity contribution in [3.8, 4) is 17.2 Å². The highest BCUT2D eigenvalue weighted by molar-refractivity contribution is 5.43. The van der Waals surface area contributed by atoms with E-state index in [4.69, 9.17) is 18.9 Å². The quantitative estimate of drug-likeness (QED) is 0.393. The molecule has 1 saturated heterocycles. The van der Waals surface area contributed by atoms with Crippen molar-refractivity contribution < 1.29 is 24.1 Å². The molecule has 8 heteroatoms. The summed E-state index contributed by atoms with van der Waals surface area (Å²) in [7, 11) is 1.65. The van der Waals surface area contributed by atoms with Crippen LogP contribution in [-0.2, 0) is 17.8 Å². The first kappa shape index (κ1) is 27.0. The summed E-state index contributed by atoms with van der Waals surface area (Å²) in [5.74, 6) is 2.24. The second kappa shape index (κ2) is 12.4. The fourth-order valence-corrected chi connectivity index (χ4v) is 4.62. The molecule has 0 bridgehead atoms. The third-order valence-electron chi connectivity index (χ3n) is 6.71. The Morgan fingerprint density at radius 3 is 2.73 bits per heavy atom. The molecule has 8 nitrogen and oxygen atoms in total. The van der Waals surface area contributed by atoms with Gasteiger partial charge in [-0.1, -0.05) is 12.1 Å². The molecule has 2 heterocycles. The molecule has 1 aliphatic rings. The Kier molecular flexibility index (Phi) is 9.08. The van der Waals surface area contributed by atoms with E-state index in [1.54, 1.807) is 19.6 Å². The molecule has 4 rings (SSSR count). The zero-order chi connectivity index (χ0) is 26.3. The lowest BCUT2D eigenvalue weighted by Gasteiger charge is -2.31. The number of β-amino-alcohol motifs (C(OH)–C–C–N with tert-alkyl or cyclic N) is 1. The highest BCUT2D eigenvalue weighted by atomic mass is 16.5. The zero-order valence-corrected chi connectivity index (χ0v) is 22.4. The van der Waals surface area contributed by atoms with E-state index in [2.05, 4.69) is 29.8 Å². The van der Waals surface area contributed by atoms with Crippen molar-refractivity contribution >= 4 is 0 Å². The van der Waals surface area contributed by atoms with Crippen molar-refractivity contribution in [3.05, 3.63) is 71.3 Å². The SMILES string of the molecule is COc1ccc(CN2CCOC[C@](O)(COc3cc(C)cc(C)c3C)C2)cc1OCCCn1ccnc1. The van der Waals surface area contributed by atoms with Crippen molar-refractivity contribution in [2.45, 2.75) is 45.9 Å². The number of hydrogen-bond donors (Lipinski definition) is 1. The van der Waals surface area contributed by atoms with E-state index in [1.165, 1.54) is 5.56 Å². The molecule has 1 aliphatic heterocycles. The summed E-state index contributed by atoms with van der Waals surface area (Å²) in [6, 6.07) is 10.2. The lowest BCUT2D eigenvalue weighted by Crippen LogP contribution is -2.48. The van der Waals surface area contributed by atoms with Crippen LogP contribution in [0.25, 0.3) is 0 Å². The normalized spacial score (nSPS) is 18.4. The summed E-state index contributed by atoms with van der Waals surface area (Å²) in [5.41, 5.74) is 3.39. The molecule has 0 spiro atoms. The van der Waals surface area contributed by atoms with Crippen molar-refractivity contribution in [2.24, 2.45) is 0 Å². The molecule has 0 saturated carbocycles. The van der Waals surface area contributed by atoms with Gasteiger partial charge >= 0.3 is 0 Å². The van der Waals surface area contributed by atoms with Crippen LogP contribution < -0.4 is 14.2 Å². The Balaban J connectivity index is 1.37. The maximum atomic E-state index is 11.4. The molecule has 200 valence electrons. The Morgan fingerprint density at radius 1 is 1.08 bits per heavy atom. The minimum Gasteiger partial charge on any atom is -0.493 e. The van der Waals surface area contributed by atoms with E-state index < -0.39 is 5.60 Å². The van der Waals surface area contributed by atoms with E-state index >= 15 is 0 Å². The number of aromatic nitrogens is 2. The lowest BCUT2D eigenvalue weighted by atomic mass is 10.0. The first-order valence-electron chi connectivity index (χ1n) is 12.8. The fourth-order valence-electron chi connectivity index (χ4n) is 4.62. The first-order valence-corrected chi connectivity index (χ1v) is 12.8. The highest BCUT2D eigenvalue weighted by Crippen LogP contribution is 2.30. The van der Waals surface area contributed by atoms with Gasteiger partial charge in [0.05, 0.1) is 33.3 Å². The molecule has 3 aromatic rings. The molecule has 1 aromatic heterocycles. The van der Waals surface area contributed by atoms with Gasteiger partial charge in [-0.05, 0) is 67.6 Å². The van der Waals surface area contributed by atoms with Crippen LogP contribution in [0.4, 0.5) is 0 Å². The molecular weight excluding hydrogens is 470 g/mol. The molecule has 0 aliphatic carbocycles. The minimum atomic E-state index is -1.11. The molecular formula is C29H39N3O5. The summed E-state index contributed by atoms with van der Waals surface area (Å²) in [4.78, 5) is 6.27. The second-order valence-electron chi connectivity index (χ2n) is 9.97. The minimum absolute atomic E-state index is 0.168. The number of aliphatic hydroxyl groups is 1. The Labute approximate surface area is 219 Å². The predicted molar refractivity (Wildman–Crippen MR) is 143 cm³/mol. The second-order valence-corrected chi connectivity index (χ2v) is 9.97. The van der Waals surface area contributed by atoms with Gasteiger partial charge in [-0.3, -0.25) is 4.90 Å². The Bertz CT molecular complexity index is 1150. The van der Waals surface area contributed by atoms with E-state index in [9.17, 15) is 5.11 Å². The van der Waals surface area contributed by atoms with Crippen molar-refractivity contribution in [1.29, 1.82) is 0 Å².